The highest BCUT2D eigenvalue weighted by atomic mass is 16.5. The Morgan fingerprint density at radius 1 is 0.966 bits per heavy atom. The van der Waals surface area contributed by atoms with Crippen molar-refractivity contribution >= 4 is 11.9 Å². The van der Waals surface area contributed by atoms with Gasteiger partial charge in [-0.05, 0) is 60.9 Å². The summed E-state index contributed by atoms with van der Waals surface area (Å²) >= 11 is 0. The molecule has 0 fully saturated rings. The molecular weight excluding hydrogens is 364 g/mol. The van der Waals surface area contributed by atoms with Crippen LogP contribution >= 0.6 is 0 Å². The number of carbonyl (C=O) groups is 1. The normalized spacial score (nSPS) is 13.9. The maximum atomic E-state index is 12.7. The number of ketones is 1. The van der Waals surface area contributed by atoms with E-state index >= 15 is 0 Å². The Labute approximate surface area is 170 Å². The molecule has 1 aliphatic heterocycles. The minimum absolute atomic E-state index is 0.135. The Bertz CT molecular complexity index is 1110. The van der Waals surface area contributed by atoms with Crippen LogP contribution in [0.15, 0.2) is 66.4 Å². The molecule has 3 aromatic carbocycles. The average molecular weight is 386 g/mol. The van der Waals surface area contributed by atoms with Gasteiger partial charge in [-0.25, -0.2) is 0 Å². The number of aryl methyl sites for hydroxylation is 2. The van der Waals surface area contributed by atoms with Gasteiger partial charge in [0.05, 0.1) is 12.7 Å². The largest absolute Gasteiger partial charge is 0.497 e. The van der Waals surface area contributed by atoms with E-state index in [9.17, 15) is 4.79 Å². The van der Waals surface area contributed by atoms with Crippen molar-refractivity contribution in [3.63, 3.8) is 0 Å². The molecule has 0 spiro atoms. The van der Waals surface area contributed by atoms with Crippen molar-refractivity contribution in [1.82, 2.24) is 0 Å². The highest BCUT2D eigenvalue weighted by Crippen LogP contribution is 2.35. The molecule has 4 nitrogen and oxygen atoms in total. The number of rotatable bonds is 5. The Balaban J connectivity index is 1.52. The third-order valence-corrected chi connectivity index (χ3v) is 4.93. The van der Waals surface area contributed by atoms with Crippen molar-refractivity contribution in [2.24, 2.45) is 0 Å². The fraction of sp³-hybridized carbons (Fsp3) is 0.160. The van der Waals surface area contributed by atoms with Gasteiger partial charge in [0.2, 0.25) is 5.78 Å². The fourth-order valence-corrected chi connectivity index (χ4v) is 3.26. The zero-order valence-corrected chi connectivity index (χ0v) is 16.7. The van der Waals surface area contributed by atoms with Crippen LogP contribution in [0, 0.1) is 13.8 Å². The zero-order valence-electron chi connectivity index (χ0n) is 16.7. The van der Waals surface area contributed by atoms with Crippen molar-refractivity contribution < 1.29 is 19.0 Å². The van der Waals surface area contributed by atoms with Gasteiger partial charge in [-0.3, -0.25) is 4.79 Å². The number of hydrogen-bond acceptors (Lipinski definition) is 4. The third kappa shape index (κ3) is 4.02. The van der Waals surface area contributed by atoms with E-state index in [1.54, 1.807) is 31.4 Å². The Morgan fingerprint density at radius 2 is 1.83 bits per heavy atom. The number of ether oxygens (including phenoxy) is 3. The van der Waals surface area contributed by atoms with Gasteiger partial charge in [0.1, 0.15) is 23.9 Å². The molecule has 1 aliphatic rings. The van der Waals surface area contributed by atoms with E-state index < -0.39 is 0 Å². The zero-order chi connectivity index (χ0) is 20.4. The van der Waals surface area contributed by atoms with Gasteiger partial charge >= 0.3 is 0 Å². The van der Waals surface area contributed by atoms with Crippen molar-refractivity contribution in [2.45, 2.75) is 20.5 Å². The molecule has 146 valence electrons. The number of fused-ring (bicyclic) bond motifs is 1. The summed E-state index contributed by atoms with van der Waals surface area (Å²) < 4.78 is 17.0. The van der Waals surface area contributed by atoms with E-state index in [-0.39, 0.29) is 5.78 Å². The number of Topliss-reactive ketones (excluding diaryl/α,β-unsaturated/α-hetero) is 1. The van der Waals surface area contributed by atoms with Crippen LogP contribution in [0.25, 0.3) is 6.08 Å². The highest BCUT2D eigenvalue weighted by molar-refractivity contribution is 6.14. The molecule has 3 aromatic rings. The van der Waals surface area contributed by atoms with Gasteiger partial charge in [0.25, 0.3) is 0 Å². The number of hydrogen-bond donors (Lipinski definition) is 0. The molecule has 0 saturated heterocycles. The second-order valence-electron chi connectivity index (χ2n) is 7.09. The van der Waals surface area contributed by atoms with Crippen LogP contribution in [0.4, 0.5) is 0 Å². The molecule has 0 aromatic heterocycles. The molecule has 0 radical (unpaired) electrons. The standard InChI is InChI=1S/C25H22O4/c1-16-7-8-17(2)19(11-16)15-28-21-9-10-22-23(14-21)29-24(25(22)26)13-18-5-4-6-20(12-18)27-3/h4-14H,15H2,1-3H3/b24-13-. The quantitative estimate of drug-likeness (QED) is 0.543. The van der Waals surface area contributed by atoms with Crippen LogP contribution in [0.5, 0.6) is 17.2 Å². The summed E-state index contributed by atoms with van der Waals surface area (Å²) in [6.45, 7) is 4.60. The average Bonchev–Trinajstić information content (AvgIpc) is 3.03. The van der Waals surface area contributed by atoms with Crippen LogP contribution in [0.2, 0.25) is 0 Å². The first-order chi connectivity index (χ1) is 14.0. The van der Waals surface area contributed by atoms with E-state index in [1.807, 2.05) is 24.3 Å². The number of allylic oxidation sites excluding steroid dienone is 1. The third-order valence-electron chi connectivity index (χ3n) is 4.93. The van der Waals surface area contributed by atoms with E-state index in [0.717, 1.165) is 16.9 Å². The molecule has 0 saturated carbocycles. The van der Waals surface area contributed by atoms with Crippen LogP contribution in [0.3, 0.4) is 0 Å². The van der Waals surface area contributed by atoms with Gasteiger partial charge in [0, 0.05) is 6.07 Å². The summed E-state index contributed by atoms with van der Waals surface area (Å²) in [5.74, 6) is 2.07. The molecular formula is C25H22O4. The maximum Gasteiger partial charge on any atom is 0.231 e. The lowest BCUT2D eigenvalue weighted by Gasteiger charge is -2.10. The summed E-state index contributed by atoms with van der Waals surface area (Å²) in [5.41, 5.74) is 4.90. The first kappa shape index (κ1) is 18.8. The van der Waals surface area contributed by atoms with Gasteiger partial charge in [-0.1, -0.05) is 35.9 Å². The predicted molar refractivity (Wildman–Crippen MR) is 113 cm³/mol. The summed E-state index contributed by atoms with van der Waals surface area (Å²) in [5, 5.41) is 0. The second-order valence-corrected chi connectivity index (χ2v) is 7.09. The van der Waals surface area contributed by atoms with Crippen LogP contribution in [-0.4, -0.2) is 12.9 Å². The maximum absolute atomic E-state index is 12.7. The lowest BCUT2D eigenvalue weighted by Crippen LogP contribution is -1.99. The number of benzene rings is 3. The lowest BCUT2D eigenvalue weighted by atomic mass is 10.1. The monoisotopic (exact) mass is 386 g/mol. The van der Waals surface area contributed by atoms with E-state index in [2.05, 4.69) is 32.0 Å². The molecule has 4 heteroatoms. The van der Waals surface area contributed by atoms with Gasteiger partial charge in [-0.15, -0.1) is 0 Å². The lowest BCUT2D eigenvalue weighted by molar-refractivity contribution is 0.101. The molecule has 0 N–H and O–H groups in total. The van der Waals surface area contributed by atoms with Gasteiger partial charge < -0.3 is 14.2 Å². The Kier molecular flexibility index (Phi) is 5.09. The van der Waals surface area contributed by atoms with Gasteiger partial charge in [-0.2, -0.15) is 0 Å². The summed E-state index contributed by atoms with van der Waals surface area (Å²) in [7, 11) is 1.61. The van der Waals surface area contributed by atoms with Crippen LogP contribution in [0.1, 0.15) is 32.6 Å². The summed E-state index contributed by atoms with van der Waals surface area (Å²) in [6.07, 6.45) is 1.72. The molecule has 0 atom stereocenters. The minimum atomic E-state index is -0.135. The number of methoxy groups -OCH3 is 1. The van der Waals surface area contributed by atoms with Crippen LogP contribution < -0.4 is 14.2 Å². The molecule has 4 rings (SSSR count). The SMILES string of the molecule is COc1cccc(/C=C2\Oc3cc(OCc4cc(C)ccc4C)ccc3C2=O)c1. The van der Waals surface area contributed by atoms with E-state index in [0.29, 0.717) is 29.4 Å². The van der Waals surface area contributed by atoms with Crippen molar-refractivity contribution in [2.75, 3.05) is 7.11 Å². The summed E-state index contributed by atoms with van der Waals surface area (Å²) in [4.78, 5) is 12.7. The molecule has 0 aliphatic carbocycles. The first-order valence-electron chi connectivity index (χ1n) is 9.45. The molecule has 29 heavy (non-hydrogen) atoms. The minimum Gasteiger partial charge on any atom is -0.497 e. The van der Waals surface area contributed by atoms with Crippen molar-refractivity contribution in [3.05, 3.63) is 94.2 Å². The smallest absolute Gasteiger partial charge is 0.231 e. The van der Waals surface area contributed by atoms with Crippen LogP contribution in [-0.2, 0) is 6.61 Å². The van der Waals surface area contributed by atoms with Crippen molar-refractivity contribution in [3.8, 4) is 17.2 Å². The van der Waals surface area contributed by atoms with E-state index in [4.69, 9.17) is 14.2 Å². The molecule has 0 bridgehead atoms. The molecule has 0 amide bonds. The summed E-state index contributed by atoms with van der Waals surface area (Å²) in [6, 6.07) is 19.1. The fourth-order valence-electron chi connectivity index (χ4n) is 3.26. The van der Waals surface area contributed by atoms with E-state index in [1.165, 1.54) is 11.1 Å². The van der Waals surface area contributed by atoms with Gasteiger partial charge in [0.15, 0.2) is 5.76 Å². The number of carbonyl (C=O) groups excluding carboxylic acids is 1. The Hall–Kier alpha value is -3.53. The predicted octanol–water partition coefficient (Wildman–Crippen LogP) is 5.51. The topological polar surface area (TPSA) is 44.8 Å². The first-order valence-corrected chi connectivity index (χ1v) is 9.45. The second kappa shape index (κ2) is 7.84. The van der Waals surface area contributed by atoms with Crippen molar-refractivity contribution in [1.29, 1.82) is 0 Å². The molecule has 0 unspecified atom stereocenters. The highest BCUT2D eigenvalue weighted by Gasteiger charge is 2.27. The Morgan fingerprint density at radius 3 is 2.66 bits per heavy atom. The molecule has 1 heterocycles.